The first-order chi connectivity index (χ1) is 10.2. The summed E-state index contributed by atoms with van der Waals surface area (Å²) in [5.74, 6) is 2.01. The molecule has 0 saturated carbocycles. The van der Waals surface area contributed by atoms with Crippen LogP contribution in [-0.4, -0.2) is 18.8 Å². The number of benzene rings is 1. The topological polar surface area (TPSA) is 65.5 Å². The van der Waals surface area contributed by atoms with Crippen molar-refractivity contribution in [2.45, 2.75) is 17.7 Å². The van der Waals surface area contributed by atoms with Gasteiger partial charge in [0.05, 0.1) is 19.1 Å². The van der Waals surface area contributed by atoms with Crippen molar-refractivity contribution in [3.8, 4) is 0 Å². The van der Waals surface area contributed by atoms with Gasteiger partial charge in [-0.25, -0.2) is 4.79 Å². The highest BCUT2D eigenvalue weighted by Crippen LogP contribution is 2.26. The van der Waals surface area contributed by atoms with Crippen molar-refractivity contribution in [3.63, 3.8) is 0 Å². The number of ether oxygens (including phenoxy) is 1. The van der Waals surface area contributed by atoms with Crippen molar-refractivity contribution in [2.24, 2.45) is 5.73 Å². The van der Waals surface area contributed by atoms with Gasteiger partial charge in [0, 0.05) is 0 Å². The van der Waals surface area contributed by atoms with E-state index in [9.17, 15) is 4.79 Å². The van der Waals surface area contributed by atoms with Gasteiger partial charge in [-0.05, 0) is 29.9 Å². The van der Waals surface area contributed by atoms with E-state index in [2.05, 4.69) is 0 Å². The molecule has 1 aromatic heterocycles. The lowest BCUT2D eigenvalue weighted by Crippen LogP contribution is -2.46. The number of rotatable bonds is 7. The molecule has 1 aromatic carbocycles. The molecule has 2 aromatic rings. The van der Waals surface area contributed by atoms with Crippen LogP contribution < -0.4 is 5.73 Å². The van der Waals surface area contributed by atoms with Crippen LogP contribution >= 0.6 is 11.8 Å². The molecule has 0 aliphatic heterocycles. The number of nitrogens with two attached hydrogens (primary N) is 1. The molecule has 21 heavy (non-hydrogen) atoms. The number of methoxy groups -OCH3 is 1. The van der Waals surface area contributed by atoms with E-state index in [1.807, 2.05) is 42.5 Å². The van der Waals surface area contributed by atoms with E-state index in [-0.39, 0.29) is 0 Å². The zero-order valence-electron chi connectivity index (χ0n) is 12.0. The molecule has 1 unspecified atom stereocenters. The van der Waals surface area contributed by atoms with E-state index in [1.54, 1.807) is 18.0 Å². The highest BCUT2D eigenvalue weighted by molar-refractivity contribution is 7.98. The van der Waals surface area contributed by atoms with Crippen LogP contribution in [0.1, 0.15) is 17.7 Å². The van der Waals surface area contributed by atoms with Crippen LogP contribution in [0.25, 0.3) is 0 Å². The van der Waals surface area contributed by atoms with Crippen molar-refractivity contribution in [3.05, 3.63) is 60.1 Å². The number of thioether (sulfide) groups is 1. The first-order valence-electron chi connectivity index (χ1n) is 6.70. The molecule has 0 saturated heterocycles. The maximum Gasteiger partial charge on any atom is 0.330 e. The Kier molecular flexibility index (Phi) is 5.47. The lowest BCUT2D eigenvalue weighted by Gasteiger charge is -2.26. The molecular formula is C16H19NO3S. The highest BCUT2D eigenvalue weighted by atomic mass is 32.2. The van der Waals surface area contributed by atoms with Crippen molar-refractivity contribution in [1.29, 1.82) is 0 Å². The van der Waals surface area contributed by atoms with Crippen molar-refractivity contribution >= 4 is 17.7 Å². The fraction of sp³-hybridized carbons (Fsp3) is 0.312. The zero-order chi connectivity index (χ0) is 15.1. The maximum atomic E-state index is 12.1. The van der Waals surface area contributed by atoms with Crippen LogP contribution in [0, 0.1) is 0 Å². The summed E-state index contributed by atoms with van der Waals surface area (Å²) in [5.41, 5.74) is 5.99. The summed E-state index contributed by atoms with van der Waals surface area (Å²) in [6.45, 7) is 0. The first kappa shape index (κ1) is 15.7. The second-order valence-electron chi connectivity index (χ2n) is 4.71. The average molecular weight is 305 g/mol. The van der Waals surface area contributed by atoms with Gasteiger partial charge in [-0.15, -0.1) is 0 Å². The van der Waals surface area contributed by atoms with Crippen LogP contribution in [-0.2, 0) is 20.8 Å². The fourth-order valence-electron chi connectivity index (χ4n) is 2.08. The molecule has 2 N–H and O–H groups in total. The molecule has 0 radical (unpaired) electrons. The Bertz CT molecular complexity index is 556. The van der Waals surface area contributed by atoms with Gasteiger partial charge in [-0.1, -0.05) is 30.3 Å². The van der Waals surface area contributed by atoms with E-state index in [0.29, 0.717) is 6.42 Å². The third kappa shape index (κ3) is 3.89. The van der Waals surface area contributed by atoms with Crippen LogP contribution in [0.4, 0.5) is 0 Å². The van der Waals surface area contributed by atoms with Gasteiger partial charge < -0.3 is 14.9 Å². The SMILES string of the molecule is COC(=O)C(N)(CCSCc1ccco1)c1ccccc1. The Morgan fingerprint density at radius 2 is 2.05 bits per heavy atom. The van der Waals surface area contributed by atoms with Crippen LogP contribution in [0.15, 0.2) is 53.1 Å². The summed E-state index contributed by atoms with van der Waals surface area (Å²) in [7, 11) is 1.36. The molecule has 0 aliphatic carbocycles. The number of carbonyl (C=O) groups excluding carboxylic acids is 1. The molecule has 0 fully saturated rings. The van der Waals surface area contributed by atoms with Gasteiger partial charge in [0.25, 0.3) is 0 Å². The van der Waals surface area contributed by atoms with E-state index in [1.165, 1.54) is 7.11 Å². The predicted octanol–water partition coefficient (Wildman–Crippen LogP) is 2.93. The second-order valence-corrected chi connectivity index (χ2v) is 5.82. The van der Waals surface area contributed by atoms with Crippen molar-refractivity contribution in [1.82, 2.24) is 0 Å². The standard InChI is InChI=1S/C16H19NO3S/c1-19-15(18)16(17,13-6-3-2-4-7-13)9-11-21-12-14-8-5-10-20-14/h2-8,10H,9,11-12,17H2,1H3. The molecule has 0 spiro atoms. The third-order valence-corrected chi connectivity index (χ3v) is 4.29. The average Bonchev–Trinajstić information content (AvgIpc) is 3.04. The molecule has 1 heterocycles. The molecule has 112 valence electrons. The smallest absolute Gasteiger partial charge is 0.330 e. The van der Waals surface area contributed by atoms with E-state index in [4.69, 9.17) is 14.9 Å². The Labute approximate surface area is 128 Å². The van der Waals surface area contributed by atoms with Gasteiger partial charge in [0.15, 0.2) is 0 Å². The van der Waals surface area contributed by atoms with Gasteiger partial charge >= 0.3 is 5.97 Å². The number of carbonyl (C=O) groups is 1. The quantitative estimate of drug-likeness (QED) is 0.629. The van der Waals surface area contributed by atoms with Crippen molar-refractivity contribution < 1.29 is 13.9 Å². The number of furan rings is 1. The minimum atomic E-state index is -1.10. The molecule has 1 atom stereocenters. The molecular weight excluding hydrogens is 286 g/mol. The molecule has 0 amide bonds. The van der Waals surface area contributed by atoms with E-state index in [0.717, 1.165) is 22.8 Å². The Morgan fingerprint density at radius 3 is 2.67 bits per heavy atom. The molecule has 4 nitrogen and oxygen atoms in total. The number of esters is 1. The van der Waals surface area contributed by atoms with Gasteiger partial charge in [-0.3, -0.25) is 0 Å². The largest absolute Gasteiger partial charge is 0.468 e. The molecule has 0 bridgehead atoms. The summed E-state index contributed by atoms with van der Waals surface area (Å²) in [4.78, 5) is 12.1. The minimum absolute atomic E-state index is 0.410. The summed E-state index contributed by atoms with van der Waals surface area (Å²) in [6.07, 6.45) is 2.16. The molecule has 5 heteroatoms. The monoisotopic (exact) mass is 305 g/mol. The Balaban J connectivity index is 1.98. The summed E-state index contributed by atoms with van der Waals surface area (Å²) >= 11 is 1.68. The summed E-state index contributed by atoms with van der Waals surface area (Å²) in [5, 5.41) is 0. The van der Waals surface area contributed by atoms with Gasteiger partial charge in [0.2, 0.25) is 0 Å². The maximum absolute atomic E-state index is 12.1. The highest BCUT2D eigenvalue weighted by Gasteiger charge is 2.36. The predicted molar refractivity (Wildman–Crippen MR) is 83.8 cm³/mol. The third-order valence-electron chi connectivity index (χ3n) is 3.30. The van der Waals surface area contributed by atoms with Crippen LogP contribution in [0.5, 0.6) is 0 Å². The number of hydrogen-bond acceptors (Lipinski definition) is 5. The molecule has 0 aliphatic rings. The second kappa shape index (κ2) is 7.33. The molecule has 2 rings (SSSR count). The minimum Gasteiger partial charge on any atom is -0.468 e. The van der Waals surface area contributed by atoms with Crippen LogP contribution in [0.2, 0.25) is 0 Å². The lowest BCUT2D eigenvalue weighted by atomic mass is 9.88. The Morgan fingerprint density at radius 1 is 1.29 bits per heavy atom. The van der Waals surface area contributed by atoms with E-state index < -0.39 is 11.5 Å². The lowest BCUT2D eigenvalue weighted by molar-refractivity contribution is -0.147. The fourth-order valence-corrected chi connectivity index (χ4v) is 3.06. The van der Waals surface area contributed by atoms with E-state index >= 15 is 0 Å². The number of hydrogen-bond donors (Lipinski definition) is 1. The normalized spacial score (nSPS) is 13.6. The van der Waals surface area contributed by atoms with Gasteiger partial charge in [0.1, 0.15) is 11.3 Å². The zero-order valence-corrected chi connectivity index (χ0v) is 12.8. The van der Waals surface area contributed by atoms with Crippen LogP contribution in [0.3, 0.4) is 0 Å². The first-order valence-corrected chi connectivity index (χ1v) is 7.85. The van der Waals surface area contributed by atoms with Gasteiger partial charge in [-0.2, -0.15) is 11.8 Å². The van der Waals surface area contributed by atoms with Crippen molar-refractivity contribution in [2.75, 3.05) is 12.9 Å². The summed E-state index contributed by atoms with van der Waals surface area (Å²) < 4.78 is 10.2. The Hall–Kier alpha value is -1.72. The summed E-state index contributed by atoms with van der Waals surface area (Å²) in [6, 6.07) is 13.1.